The number of rotatable bonds is 4. The summed E-state index contributed by atoms with van der Waals surface area (Å²) in [6.45, 7) is 6.42. The maximum Gasteiger partial charge on any atom is 0.270 e. The summed E-state index contributed by atoms with van der Waals surface area (Å²) in [4.78, 5) is 0.590. The minimum atomic E-state index is -3.77. The maximum absolute atomic E-state index is 12.0. The molecule has 1 aromatic heterocycles. The Labute approximate surface area is 122 Å². The zero-order valence-electron chi connectivity index (χ0n) is 11.0. The van der Waals surface area contributed by atoms with Gasteiger partial charge < -0.3 is 0 Å². The molecular weight excluding hydrogens is 330 g/mol. The highest BCUT2D eigenvalue weighted by atomic mass is 35.7. The van der Waals surface area contributed by atoms with Gasteiger partial charge in [0.2, 0.25) is 10.0 Å². The molecule has 1 aromatic rings. The average molecular weight is 346 g/mol. The lowest BCUT2D eigenvalue weighted by molar-refractivity contribution is 0.533. The van der Waals surface area contributed by atoms with Crippen LogP contribution in [-0.4, -0.2) is 21.6 Å². The van der Waals surface area contributed by atoms with E-state index in [1.807, 2.05) is 0 Å². The minimum Gasteiger partial charge on any atom is -0.212 e. The second kappa shape index (κ2) is 5.33. The highest BCUT2D eigenvalue weighted by Crippen LogP contribution is 2.30. The summed E-state index contributed by atoms with van der Waals surface area (Å²) in [6.07, 6.45) is 0. The quantitative estimate of drug-likeness (QED) is 0.850. The molecule has 1 atom stereocenters. The first-order valence-corrected chi connectivity index (χ1v) is 10.0. The average Bonchev–Trinajstić information content (AvgIpc) is 2.62. The monoisotopic (exact) mass is 345 g/mol. The molecule has 0 spiro atoms. The van der Waals surface area contributed by atoms with Gasteiger partial charge in [0.05, 0.1) is 10.8 Å². The summed E-state index contributed by atoms with van der Waals surface area (Å²) >= 11 is 0.952. The van der Waals surface area contributed by atoms with Crippen molar-refractivity contribution in [3.05, 3.63) is 17.0 Å². The topological polar surface area (TPSA) is 80.3 Å². The zero-order valence-corrected chi connectivity index (χ0v) is 14.2. The number of halogens is 1. The van der Waals surface area contributed by atoms with E-state index in [4.69, 9.17) is 10.7 Å². The van der Waals surface area contributed by atoms with Crippen molar-refractivity contribution >= 4 is 41.1 Å². The third-order valence-electron chi connectivity index (χ3n) is 2.41. The van der Waals surface area contributed by atoms with Gasteiger partial charge in [0.1, 0.15) is 4.21 Å². The number of nitrogens with one attached hydrogen (secondary N) is 1. The van der Waals surface area contributed by atoms with E-state index < -0.39 is 29.9 Å². The fourth-order valence-corrected chi connectivity index (χ4v) is 4.28. The first-order chi connectivity index (χ1) is 8.34. The molecule has 0 saturated carbocycles. The molecule has 0 aliphatic rings. The van der Waals surface area contributed by atoms with Gasteiger partial charge in [-0.05, 0) is 39.8 Å². The van der Waals surface area contributed by atoms with Gasteiger partial charge in [0.25, 0.3) is 9.05 Å². The van der Waals surface area contributed by atoms with Crippen LogP contribution in [0.4, 0.5) is 0 Å². The van der Waals surface area contributed by atoms with Gasteiger partial charge in [-0.1, -0.05) is 0 Å². The van der Waals surface area contributed by atoms with Crippen LogP contribution in [0.15, 0.2) is 16.3 Å². The fourth-order valence-electron chi connectivity index (χ4n) is 1.17. The number of sulfonamides is 1. The van der Waals surface area contributed by atoms with Crippen molar-refractivity contribution < 1.29 is 16.8 Å². The highest BCUT2D eigenvalue weighted by Gasteiger charge is 2.31. The normalized spacial score (nSPS) is 15.4. The molecular formula is C10H16ClNO4S3. The highest BCUT2D eigenvalue weighted by molar-refractivity contribution is 8.15. The van der Waals surface area contributed by atoms with Crippen LogP contribution in [0, 0.1) is 0 Å². The minimum absolute atomic E-state index is 0.00553. The zero-order chi connectivity index (χ0) is 15.1. The summed E-state index contributed by atoms with van der Waals surface area (Å²) in [6, 6.07) is 2.40. The molecule has 1 N–H and O–H groups in total. The van der Waals surface area contributed by atoms with Gasteiger partial charge in [0, 0.05) is 15.6 Å². The van der Waals surface area contributed by atoms with E-state index in [1.165, 1.54) is 6.07 Å². The molecule has 1 unspecified atom stereocenters. The molecule has 1 rings (SSSR count). The molecule has 0 amide bonds. The molecule has 0 radical (unpaired) electrons. The van der Waals surface area contributed by atoms with E-state index in [0.717, 1.165) is 11.3 Å². The van der Waals surface area contributed by atoms with Crippen molar-refractivity contribution in [1.29, 1.82) is 0 Å². The van der Waals surface area contributed by atoms with E-state index in [0.29, 0.717) is 4.88 Å². The van der Waals surface area contributed by atoms with Crippen molar-refractivity contribution in [2.24, 2.45) is 0 Å². The number of thiophene rings is 1. The van der Waals surface area contributed by atoms with E-state index in [9.17, 15) is 16.8 Å². The Bertz CT molecular complexity index is 655. The molecule has 0 bridgehead atoms. The Morgan fingerprint density at radius 3 is 2.11 bits per heavy atom. The largest absolute Gasteiger partial charge is 0.270 e. The van der Waals surface area contributed by atoms with Crippen LogP contribution in [0.2, 0.25) is 0 Å². The molecule has 110 valence electrons. The van der Waals surface area contributed by atoms with Crippen molar-refractivity contribution in [3.63, 3.8) is 0 Å². The summed E-state index contributed by atoms with van der Waals surface area (Å²) in [5.41, 5.74) is 0. The smallest absolute Gasteiger partial charge is 0.212 e. The predicted octanol–water partition coefficient (Wildman–Crippen LogP) is 2.45. The van der Waals surface area contributed by atoms with Gasteiger partial charge in [0.15, 0.2) is 0 Å². The molecule has 0 fully saturated rings. The van der Waals surface area contributed by atoms with Gasteiger partial charge >= 0.3 is 0 Å². The Morgan fingerprint density at radius 1 is 1.21 bits per heavy atom. The van der Waals surface area contributed by atoms with Crippen molar-refractivity contribution in [3.8, 4) is 0 Å². The Kier molecular flexibility index (Phi) is 4.74. The molecule has 19 heavy (non-hydrogen) atoms. The lowest BCUT2D eigenvalue weighted by Crippen LogP contribution is -2.40. The SMILES string of the molecule is CC(NS(=O)(=O)C(C)(C)C)c1ccc(S(=O)(=O)Cl)s1. The predicted molar refractivity (Wildman–Crippen MR) is 77.6 cm³/mol. The molecule has 0 aliphatic carbocycles. The van der Waals surface area contributed by atoms with Gasteiger partial charge in [-0.2, -0.15) is 0 Å². The van der Waals surface area contributed by atoms with Crippen LogP contribution in [0.1, 0.15) is 38.6 Å². The lowest BCUT2D eigenvalue weighted by atomic mass is 10.3. The second-order valence-corrected chi connectivity index (χ2v) is 11.4. The third-order valence-corrected chi connectivity index (χ3v) is 8.04. The summed E-state index contributed by atoms with van der Waals surface area (Å²) in [7, 11) is -2.04. The van der Waals surface area contributed by atoms with Gasteiger partial charge in [-0.15, -0.1) is 11.3 Å². The van der Waals surface area contributed by atoms with Crippen molar-refractivity contribution in [2.75, 3.05) is 0 Å². The van der Waals surface area contributed by atoms with E-state index in [-0.39, 0.29) is 4.21 Å². The second-order valence-electron chi connectivity index (χ2n) is 5.05. The molecule has 0 aliphatic heterocycles. The summed E-state index contributed by atoms with van der Waals surface area (Å²) in [5.74, 6) is 0. The standard InChI is InChI=1S/C10H16ClNO4S3/c1-7(12-19(15,16)10(2,3)4)8-5-6-9(17-8)18(11,13)14/h5-7,12H,1-4H3. The van der Waals surface area contributed by atoms with Crippen molar-refractivity contribution in [2.45, 2.75) is 42.7 Å². The Hall–Kier alpha value is -0.150. The number of hydrogen-bond acceptors (Lipinski definition) is 5. The van der Waals surface area contributed by atoms with Crippen LogP contribution in [0.3, 0.4) is 0 Å². The third kappa shape index (κ3) is 4.16. The fraction of sp³-hybridized carbons (Fsp3) is 0.600. The molecule has 0 aromatic carbocycles. The Morgan fingerprint density at radius 2 is 1.74 bits per heavy atom. The van der Waals surface area contributed by atoms with Crippen molar-refractivity contribution in [1.82, 2.24) is 4.72 Å². The Balaban J connectivity index is 2.98. The van der Waals surface area contributed by atoms with Crippen LogP contribution in [-0.2, 0) is 19.1 Å². The van der Waals surface area contributed by atoms with Crippen LogP contribution in [0.5, 0.6) is 0 Å². The molecule has 5 nitrogen and oxygen atoms in total. The molecule has 0 saturated heterocycles. The first kappa shape index (κ1) is 16.9. The van der Waals surface area contributed by atoms with E-state index in [2.05, 4.69) is 4.72 Å². The first-order valence-electron chi connectivity index (χ1n) is 5.41. The summed E-state index contributed by atoms with van der Waals surface area (Å²) in [5, 5.41) is 0. The van der Waals surface area contributed by atoms with E-state index >= 15 is 0 Å². The van der Waals surface area contributed by atoms with Crippen LogP contribution >= 0.6 is 22.0 Å². The molecule has 1 heterocycles. The van der Waals surface area contributed by atoms with Crippen LogP contribution < -0.4 is 4.72 Å². The van der Waals surface area contributed by atoms with E-state index in [1.54, 1.807) is 33.8 Å². The number of hydrogen-bond donors (Lipinski definition) is 1. The molecule has 9 heteroatoms. The van der Waals surface area contributed by atoms with Crippen LogP contribution in [0.25, 0.3) is 0 Å². The maximum atomic E-state index is 12.0. The lowest BCUT2D eigenvalue weighted by Gasteiger charge is -2.22. The van der Waals surface area contributed by atoms with Gasteiger partial charge in [-0.25, -0.2) is 21.6 Å². The van der Waals surface area contributed by atoms with Gasteiger partial charge in [-0.3, -0.25) is 0 Å². The summed E-state index contributed by atoms with van der Waals surface area (Å²) < 4.78 is 47.9.